The van der Waals surface area contributed by atoms with Crippen molar-refractivity contribution in [3.63, 3.8) is 0 Å². The monoisotopic (exact) mass is 463 g/mol. The van der Waals surface area contributed by atoms with E-state index >= 15 is 0 Å². The smallest absolute Gasteiger partial charge is 0.254 e. The molecule has 7 nitrogen and oxygen atoms in total. The van der Waals surface area contributed by atoms with E-state index in [1.807, 2.05) is 43.0 Å². The number of benzene rings is 2. The summed E-state index contributed by atoms with van der Waals surface area (Å²) in [6, 6.07) is 13.1. The maximum Gasteiger partial charge on any atom is 0.254 e. The van der Waals surface area contributed by atoms with Crippen LogP contribution in [0.2, 0.25) is 0 Å². The molecular formula is C24H22FN5O2S. The molecule has 0 bridgehead atoms. The van der Waals surface area contributed by atoms with E-state index in [4.69, 9.17) is 9.72 Å². The molecule has 33 heavy (non-hydrogen) atoms. The van der Waals surface area contributed by atoms with Crippen LogP contribution in [0, 0.1) is 12.7 Å². The van der Waals surface area contributed by atoms with Crippen LogP contribution in [0.4, 0.5) is 4.39 Å². The second-order valence-electron chi connectivity index (χ2n) is 7.88. The lowest BCUT2D eigenvalue weighted by Crippen LogP contribution is -2.41. The van der Waals surface area contributed by atoms with Gasteiger partial charge >= 0.3 is 0 Å². The maximum absolute atomic E-state index is 13.4. The van der Waals surface area contributed by atoms with Gasteiger partial charge in [-0.15, -0.1) is 0 Å². The van der Waals surface area contributed by atoms with Crippen molar-refractivity contribution in [2.24, 2.45) is 0 Å². The first kappa shape index (κ1) is 21.3. The summed E-state index contributed by atoms with van der Waals surface area (Å²) in [5.74, 6) is 1.71. The summed E-state index contributed by atoms with van der Waals surface area (Å²) in [4.78, 5) is 24.6. The molecule has 2 aromatic heterocycles. The zero-order chi connectivity index (χ0) is 23.1. The second kappa shape index (κ2) is 8.40. The Morgan fingerprint density at radius 2 is 1.82 bits per heavy atom. The zero-order valence-electron chi connectivity index (χ0n) is 18.4. The molecule has 0 saturated carbocycles. The largest absolute Gasteiger partial charge is 0.497 e. The minimum atomic E-state index is -0.366. The normalized spacial score (nSPS) is 15.4. The minimum Gasteiger partial charge on any atom is -0.497 e. The Labute approximate surface area is 194 Å². The Bertz CT molecular complexity index is 1310. The van der Waals surface area contributed by atoms with E-state index in [0.717, 1.165) is 33.5 Å². The van der Waals surface area contributed by atoms with Gasteiger partial charge in [-0.25, -0.2) is 14.4 Å². The summed E-state index contributed by atoms with van der Waals surface area (Å²) in [6.45, 7) is 4.93. The topological polar surface area (TPSA) is 73.1 Å². The lowest BCUT2D eigenvalue weighted by molar-refractivity contribution is 0.0645. The summed E-state index contributed by atoms with van der Waals surface area (Å²) in [6.07, 6.45) is 0. The number of hydrogen-bond donors (Lipinski definition) is 0. The number of carbonyl (C=O) groups excluding carboxylic acids is 1. The van der Waals surface area contributed by atoms with Crippen LogP contribution < -0.4 is 4.74 Å². The number of fused-ring (bicyclic) bond motifs is 1. The number of aromatic nitrogens is 4. The highest BCUT2D eigenvalue weighted by atomic mass is 32.1. The average Bonchev–Trinajstić information content (AvgIpc) is 3.43. The van der Waals surface area contributed by atoms with Crippen LogP contribution in [0.15, 0.2) is 48.5 Å². The Kier molecular flexibility index (Phi) is 5.41. The Morgan fingerprint density at radius 1 is 1.09 bits per heavy atom. The molecule has 1 unspecified atom stereocenters. The van der Waals surface area contributed by atoms with Gasteiger partial charge in [-0.3, -0.25) is 4.79 Å². The van der Waals surface area contributed by atoms with Gasteiger partial charge in [0.05, 0.1) is 24.5 Å². The van der Waals surface area contributed by atoms with Gasteiger partial charge < -0.3 is 14.2 Å². The van der Waals surface area contributed by atoms with Gasteiger partial charge in [-0.1, -0.05) is 0 Å². The van der Waals surface area contributed by atoms with E-state index in [9.17, 15) is 9.18 Å². The van der Waals surface area contributed by atoms with Crippen LogP contribution in [0.25, 0.3) is 22.1 Å². The standard InChI is InChI=1S/C24H22FN5O2S/c1-14-21-20(16-6-10-19(32-3)11-7-16)27-22(23-26-15(2)28-33-23)30(21)13-12-29(14)24(31)17-4-8-18(25)9-5-17/h4-11,14H,12-13H2,1-3H3. The third-order valence-electron chi connectivity index (χ3n) is 5.87. The first-order chi connectivity index (χ1) is 16.0. The molecule has 0 N–H and O–H groups in total. The molecule has 0 saturated heterocycles. The van der Waals surface area contributed by atoms with Crippen molar-refractivity contribution in [3.05, 3.63) is 71.4 Å². The van der Waals surface area contributed by atoms with Gasteiger partial charge in [0.25, 0.3) is 5.91 Å². The molecule has 1 aliphatic heterocycles. The van der Waals surface area contributed by atoms with Crippen molar-refractivity contribution in [1.82, 2.24) is 23.8 Å². The van der Waals surface area contributed by atoms with Gasteiger partial charge in [-0.05, 0) is 73.9 Å². The number of hydrogen-bond acceptors (Lipinski definition) is 6. The van der Waals surface area contributed by atoms with E-state index < -0.39 is 0 Å². The SMILES string of the molecule is COc1ccc(-c2nc(-c3nc(C)ns3)n3c2C(C)N(C(=O)c2ccc(F)cc2)CC3)cc1. The number of ether oxygens (including phenoxy) is 1. The number of methoxy groups -OCH3 is 1. The molecule has 1 aliphatic rings. The van der Waals surface area contributed by atoms with Crippen LogP contribution in [-0.4, -0.2) is 43.4 Å². The fraction of sp³-hybridized carbons (Fsp3) is 0.250. The minimum absolute atomic E-state index is 0.135. The first-order valence-corrected chi connectivity index (χ1v) is 11.4. The van der Waals surface area contributed by atoms with Gasteiger partial charge in [0, 0.05) is 24.2 Å². The number of imidazole rings is 1. The predicted molar refractivity (Wildman–Crippen MR) is 124 cm³/mol. The molecule has 3 heterocycles. The molecule has 1 amide bonds. The number of carbonyl (C=O) groups is 1. The van der Waals surface area contributed by atoms with Crippen LogP contribution in [0.3, 0.4) is 0 Å². The van der Waals surface area contributed by atoms with Crippen molar-refractivity contribution >= 4 is 17.4 Å². The van der Waals surface area contributed by atoms with Crippen molar-refractivity contribution in [2.45, 2.75) is 26.4 Å². The van der Waals surface area contributed by atoms with Crippen LogP contribution in [-0.2, 0) is 6.54 Å². The zero-order valence-corrected chi connectivity index (χ0v) is 19.3. The summed E-state index contributed by atoms with van der Waals surface area (Å²) in [5.41, 5.74) is 3.12. The van der Waals surface area contributed by atoms with E-state index in [1.165, 1.54) is 35.8 Å². The molecule has 9 heteroatoms. The maximum atomic E-state index is 13.4. The van der Waals surface area contributed by atoms with E-state index in [1.54, 1.807) is 7.11 Å². The predicted octanol–water partition coefficient (Wildman–Crippen LogP) is 4.74. The Hall–Kier alpha value is -3.59. The molecule has 4 aromatic rings. The third-order valence-corrected chi connectivity index (χ3v) is 6.67. The molecule has 0 fully saturated rings. The quantitative estimate of drug-likeness (QED) is 0.437. The number of nitrogens with zero attached hydrogens (tertiary/aromatic N) is 5. The molecule has 0 radical (unpaired) electrons. The van der Waals surface area contributed by atoms with E-state index in [-0.39, 0.29) is 17.8 Å². The number of amides is 1. The lowest BCUT2D eigenvalue weighted by Gasteiger charge is -2.35. The molecule has 2 aromatic carbocycles. The van der Waals surface area contributed by atoms with Crippen molar-refractivity contribution < 1.29 is 13.9 Å². The molecule has 168 valence electrons. The summed E-state index contributed by atoms with van der Waals surface area (Å²) < 4.78 is 25.1. The van der Waals surface area contributed by atoms with Crippen molar-refractivity contribution in [1.29, 1.82) is 0 Å². The molecule has 0 spiro atoms. The molecule has 5 rings (SSSR count). The molecule has 1 atom stereocenters. The Morgan fingerprint density at radius 3 is 2.45 bits per heavy atom. The fourth-order valence-corrected chi connectivity index (χ4v) is 4.88. The number of rotatable bonds is 4. The summed E-state index contributed by atoms with van der Waals surface area (Å²) >= 11 is 1.32. The lowest BCUT2D eigenvalue weighted by atomic mass is 10.0. The highest BCUT2D eigenvalue weighted by Gasteiger charge is 2.34. The number of aryl methyl sites for hydroxylation is 1. The van der Waals surface area contributed by atoms with Gasteiger partial charge in [0.2, 0.25) is 0 Å². The van der Waals surface area contributed by atoms with Crippen molar-refractivity contribution in [2.75, 3.05) is 13.7 Å². The molecule has 0 aliphatic carbocycles. The van der Waals surface area contributed by atoms with Gasteiger partial charge in [0.1, 0.15) is 17.4 Å². The first-order valence-electron chi connectivity index (χ1n) is 10.6. The fourth-order valence-electron chi connectivity index (χ4n) is 4.21. The van der Waals surface area contributed by atoms with E-state index in [2.05, 4.69) is 13.9 Å². The highest BCUT2D eigenvalue weighted by Crippen LogP contribution is 2.39. The third kappa shape index (κ3) is 3.78. The molecular weight excluding hydrogens is 441 g/mol. The van der Waals surface area contributed by atoms with Gasteiger partial charge in [0.15, 0.2) is 10.8 Å². The summed E-state index contributed by atoms with van der Waals surface area (Å²) in [7, 11) is 1.63. The summed E-state index contributed by atoms with van der Waals surface area (Å²) in [5, 5.41) is 0.749. The van der Waals surface area contributed by atoms with Crippen LogP contribution in [0.1, 0.15) is 34.8 Å². The van der Waals surface area contributed by atoms with Gasteiger partial charge in [-0.2, -0.15) is 4.37 Å². The number of halogens is 1. The van der Waals surface area contributed by atoms with Crippen LogP contribution >= 0.6 is 11.5 Å². The second-order valence-corrected chi connectivity index (χ2v) is 8.63. The average molecular weight is 464 g/mol. The van der Waals surface area contributed by atoms with E-state index in [0.29, 0.717) is 24.5 Å². The van der Waals surface area contributed by atoms with Crippen LogP contribution in [0.5, 0.6) is 5.75 Å². The van der Waals surface area contributed by atoms with Crippen molar-refractivity contribution in [3.8, 4) is 27.8 Å². The Balaban J connectivity index is 1.60. The highest BCUT2D eigenvalue weighted by molar-refractivity contribution is 7.09.